The van der Waals surface area contributed by atoms with E-state index < -0.39 is 17.4 Å². The van der Waals surface area contributed by atoms with Crippen molar-refractivity contribution in [2.45, 2.75) is 12.8 Å². The summed E-state index contributed by atoms with van der Waals surface area (Å²) in [6.07, 6.45) is 0.380. The summed E-state index contributed by atoms with van der Waals surface area (Å²) >= 11 is 6.77. The van der Waals surface area contributed by atoms with Crippen molar-refractivity contribution in [3.8, 4) is 0 Å². The summed E-state index contributed by atoms with van der Waals surface area (Å²) in [5, 5.41) is 0. The Hall–Kier alpha value is -1.66. The average molecular weight is 470 g/mol. The molecule has 0 bridgehead atoms. The lowest BCUT2D eigenvalue weighted by molar-refractivity contribution is -0.169. The fourth-order valence-electron chi connectivity index (χ4n) is 2.73. The molecule has 0 saturated heterocycles. The monoisotopic (exact) mass is 468 g/mol. The first-order chi connectivity index (χ1) is 11.9. The van der Waals surface area contributed by atoms with Crippen LogP contribution in [0.4, 0.5) is 0 Å². The zero-order valence-corrected chi connectivity index (χ0v) is 17.1. The third kappa shape index (κ3) is 4.70. The number of carbonyl (C=O) groups is 2. The van der Waals surface area contributed by atoms with Gasteiger partial charge in [0.2, 0.25) is 0 Å². The molecule has 0 N–H and O–H groups in total. The molecule has 2 rings (SSSR count). The molecule has 0 spiro atoms. The maximum atomic E-state index is 12.6. The van der Waals surface area contributed by atoms with E-state index in [-0.39, 0.29) is 12.8 Å². The van der Waals surface area contributed by atoms with Crippen LogP contribution in [0, 0.1) is 5.41 Å². The van der Waals surface area contributed by atoms with Gasteiger partial charge >= 0.3 is 11.9 Å². The van der Waals surface area contributed by atoms with E-state index >= 15 is 0 Å². The molecule has 25 heavy (non-hydrogen) atoms. The number of methoxy groups -OCH3 is 2. The molecule has 0 amide bonds. The van der Waals surface area contributed by atoms with Gasteiger partial charge in [0.15, 0.2) is 5.41 Å². The molecular formula is C19H18Br2O4. The Bertz CT molecular complexity index is 674. The summed E-state index contributed by atoms with van der Waals surface area (Å²) in [7, 11) is 2.56. The van der Waals surface area contributed by atoms with Gasteiger partial charge in [0.1, 0.15) is 0 Å². The Labute approximate surface area is 163 Å². The highest BCUT2D eigenvalue weighted by atomic mass is 79.9. The minimum absolute atomic E-state index is 0.190. The van der Waals surface area contributed by atoms with Crippen LogP contribution in [-0.4, -0.2) is 26.2 Å². The molecule has 132 valence electrons. The number of hydrogen-bond acceptors (Lipinski definition) is 4. The molecule has 0 radical (unpaired) electrons. The Morgan fingerprint density at radius 3 is 1.36 bits per heavy atom. The van der Waals surface area contributed by atoms with E-state index in [1.807, 2.05) is 48.5 Å². The predicted molar refractivity (Wildman–Crippen MR) is 102 cm³/mol. The van der Waals surface area contributed by atoms with Gasteiger partial charge in [0.05, 0.1) is 14.2 Å². The lowest BCUT2D eigenvalue weighted by Gasteiger charge is -2.28. The molecule has 0 aliphatic rings. The van der Waals surface area contributed by atoms with Crippen molar-refractivity contribution in [3.05, 3.63) is 68.6 Å². The lowest BCUT2D eigenvalue weighted by atomic mass is 9.76. The highest BCUT2D eigenvalue weighted by Crippen LogP contribution is 2.32. The van der Waals surface area contributed by atoms with Crippen LogP contribution in [0.1, 0.15) is 11.1 Å². The van der Waals surface area contributed by atoms with E-state index in [9.17, 15) is 9.59 Å². The van der Waals surface area contributed by atoms with Crippen molar-refractivity contribution in [1.29, 1.82) is 0 Å². The molecule has 2 aromatic carbocycles. The van der Waals surface area contributed by atoms with Crippen LogP contribution in [0.15, 0.2) is 57.5 Å². The summed E-state index contributed by atoms with van der Waals surface area (Å²) in [6.45, 7) is 0. The fraction of sp³-hybridized carbons (Fsp3) is 0.263. The zero-order valence-electron chi connectivity index (χ0n) is 13.9. The molecule has 2 aromatic rings. The molecule has 0 atom stereocenters. The van der Waals surface area contributed by atoms with Gasteiger partial charge in [-0.05, 0) is 48.2 Å². The SMILES string of the molecule is COC(=O)C(Cc1ccc(Br)cc1)(Cc1ccc(Br)cc1)C(=O)OC. The molecule has 0 saturated carbocycles. The summed E-state index contributed by atoms with van der Waals surface area (Å²) in [4.78, 5) is 25.3. The van der Waals surface area contributed by atoms with Gasteiger partial charge in [0, 0.05) is 8.95 Å². The smallest absolute Gasteiger partial charge is 0.323 e. The van der Waals surface area contributed by atoms with Crippen molar-refractivity contribution in [3.63, 3.8) is 0 Å². The maximum Gasteiger partial charge on any atom is 0.323 e. The second kappa shape index (κ2) is 8.63. The van der Waals surface area contributed by atoms with E-state index in [2.05, 4.69) is 31.9 Å². The largest absolute Gasteiger partial charge is 0.468 e. The molecule has 0 aliphatic carbocycles. The van der Waals surface area contributed by atoms with Crippen LogP contribution in [0.3, 0.4) is 0 Å². The van der Waals surface area contributed by atoms with E-state index in [1.54, 1.807) is 0 Å². The Balaban J connectivity index is 2.46. The molecule has 6 heteroatoms. The third-order valence-electron chi connectivity index (χ3n) is 3.99. The van der Waals surface area contributed by atoms with Gasteiger partial charge < -0.3 is 9.47 Å². The number of carbonyl (C=O) groups excluding carboxylic acids is 2. The van der Waals surface area contributed by atoms with Crippen LogP contribution in [0.25, 0.3) is 0 Å². The number of hydrogen-bond donors (Lipinski definition) is 0. The standard InChI is InChI=1S/C19H18Br2O4/c1-24-17(22)19(18(23)25-2,11-13-3-7-15(20)8-4-13)12-14-5-9-16(21)10-6-14/h3-10H,11-12H2,1-2H3. The van der Waals surface area contributed by atoms with Crippen LogP contribution < -0.4 is 0 Å². The van der Waals surface area contributed by atoms with Crippen LogP contribution in [0.2, 0.25) is 0 Å². The van der Waals surface area contributed by atoms with Crippen LogP contribution in [-0.2, 0) is 31.9 Å². The Morgan fingerprint density at radius 1 is 0.760 bits per heavy atom. The van der Waals surface area contributed by atoms with Gasteiger partial charge in [0.25, 0.3) is 0 Å². The van der Waals surface area contributed by atoms with Crippen molar-refractivity contribution in [1.82, 2.24) is 0 Å². The van der Waals surface area contributed by atoms with Crippen LogP contribution in [0.5, 0.6) is 0 Å². The van der Waals surface area contributed by atoms with E-state index in [0.717, 1.165) is 20.1 Å². The summed E-state index contributed by atoms with van der Waals surface area (Å²) in [6, 6.07) is 14.9. The number of halogens is 2. The minimum atomic E-state index is -1.44. The molecule has 0 aliphatic heterocycles. The molecule has 0 unspecified atom stereocenters. The molecule has 4 nitrogen and oxygen atoms in total. The van der Waals surface area contributed by atoms with Gasteiger partial charge in [-0.3, -0.25) is 9.59 Å². The minimum Gasteiger partial charge on any atom is -0.468 e. The highest BCUT2D eigenvalue weighted by molar-refractivity contribution is 9.10. The quantitative estimate of drug-likeness (QED) is 0.466. The van der Waals surface area contributed by atoms with Crippen molar-refractivity contribution < 1.29 is 19.1 Å². The summed E-state index contributed by atoms with van der Waals surface area (Å²) in [5.41, 5.74) is 0.248. The first kappa shape index (κ1) is 19.7. The second-order valence-corrected chi connectivity index (χ2v) is 7.50. The van der Waals surface area contributed by atoms with Crippen molar-refractivity contribution in [2.75, 3.05) is 14.2 Å². The maximum absolute atomic E-state index is 12.6. The molecule has 0 heterocycles. The number of benzene rings is 2. The molecular weight excluding hydrogens is 452 g/mol. The third-order valence-corrected chi connectivity index (χ3v) is 5.05. The van der Waals surface area contributed by atoms with Gasteiger partial charge in [-0.1, -0.05) is 56.1 Å². The number of esters is 2. The van der Waals surface area contributed by atoms with Gasteiger partial charge in [-0.25, -0.2) is 0 Å². The number of ether oxygens (including phenoxy) is 2. The van der Waals surface area contributed by atoms with Crippen molar-refractivity contribution >= 4 is 43.8 Å². The molecule has 0 aromatic heterocycles. The molecule has 0 fully saturated rings. The van der Waals surface area contributed by atoms with Gasteiger partial charge in [-0.2, -0.15) is 0 Å². The van der Waals surface area contributed by atoms with Gasteiger partial charge in [-0.15, -0.1) is 0 Å². The Kier molecular flexibility index (Phi) is 6.79. The average Bonchev–Trinajstić information content (AvgIpc) is 2.63. The fourth-order valence-corrected chi connectivity index (χ4v) is 3.26. The number of rotatable bonds is 6. The topological polar surface area (TPSA) is 52.6 Å². The van der Waals surface area contributed by atoms with Crippen LogP contribution >= 0.6 is 31.9 Å². The second-order valence-electron chi connectivity index (χ2n) is 5.67. The lowest BCUT2D eigenvalue weighted by Crippen LogP contribution is -2.45. The highest BCUT2D eigenvalue weighted by Gasteiger charge is 2.48. The van der Waals surface area contributed by atoms with E-state index in [1.165, 1.54) is 14.2 Å². The first-order valence-electron chi connectivity index (χ1n) is 7.57. The normalized spacial score (nSPS) is 11.0. The van der Waals surface area contributed by atoms with E-state index in [0.29, 0.717) is 0 Å². The summed E-state index contributed by atoms with van der Waals surface area (Å²) < 4.78 is 11.8. The summed E-state index contributed by atoms with van der Waals surface area (Å²) in [5.74, 6) is -1.21. The van der Waals surface area contributed by atoms with E-state index in [4.69, 9.17) is 9.47 Å². The first-order valence-corrected chi connectivity index (χ1v) is 9.15. The predicted octanol–water partition coefficient (Wildman–Crippen LogP) is 4.33. The zero-order chi connectivity index (χ0) is 18.4. The van der Waals surface area contributed by atoms with Crippen molar-refractivity contribution in [2.24, 2.45) is 5.41 Å². The Morgan fingerprint density at radius 2 is 1.08 bits per heavy atom.